The van der Waals surface area contributed by atoms with Crippen LogP contribution in [0.1, 0.15) is 28.4 Å². The summed E-state index contributed by atoms with van der Waals surface area (Å²) in [5.74, 6) is 0.833. The summed E-state index contributed by atoms with van der Waals surface area (Å²) in [6.07, 6.45) is 1.40. The summed E-state index contributed by atoms with van der Waals surface area (Å²) >= 11 is 0. The number of hydrogen-bond donors (Lipinski definition) is 2. The Bertz CT molecular complexity index is 863. The summed E-state index contributed by atoms with van der Waals surface area (Å²) in [4.78, 5) is 6.64. The molecule has 0 aliphatic heterocycles. The fourth-order valence-corrected chi connectivity index (χ4v) is 3.05. The van der Waals surface area contributed by atoms with Crippen molar-refractivity contribution in [3.8, 4) is 0 Å². The molecule has 0 aliphatic rings. The summed E-state index contributed by atoms with van der Waals surface area (Å²) in [5, 5.41) is 13.7. The van der Waals surface area contributed by atoms with E-state index < -0.39 is 6.10 Å². The molecule has 0 aliphatic carbocycles. The lowest BCUT2D eigenvalue weighted by atomic mass is 10.1. The summed E-state index contributed by atoms with van der Waals surface area (Å²) < 4.78 is 0. The number of likely N-dealkylation sites (N-methyl/N-ethyl adjacent to an activating group) is 1. The summed E-state index contributed by atoms with van der Waals surface area (Å²) in [6, 6.07) is 20.2. The number of rotatable bonds is 7. The van der Waals surface area contributed by atoms with Gasteiger partial charge in [0.25, 0.3) is 0 Å². The van der Waals surface area contributed by atoms with E-state index in [4.69, 9.17) is 0 Å². The number of aryl methyl sites for hydroxylation is 2. The minimum atomic E-state index is -0.491. The van der Waals surface area contributed by atoms with E-state index in [9.17, 15) is 5.11 Å². The predicted molar refractivity (Wildman–Crippen MR) is 111 cm³/mol. The molecule has 0 spiro atoms. The van der Waals surface area contributed by atoms with Gasteiger partial charge in [0.15, 0.2) is 0 Å². The third-order valence-corrected chi connectivity index (χ3v) is 4.60. The molecule has 3 aromatic rings. The van der Waals surface area contributed by atoms with Crippen LogP contribution >= 0.6 is 0 Å². The molecule has 2 aromatic carbocycles. The lowest BCUT2D eigenvalue weighted by Crippen LogP contribution is -2.24. The second kappa shape index (κ2) is 8.80. The number of aliphatic hydroxyl groups excluding tert-OH is 1. The number of nitrogens with zero attached hydrogens (tertiary/aromatic N) is 2. The van der Waals surface area contributed by atoms with Crippen molar-refractivity contribution in [1.82, 2.24) is 9.88 Å². The van der Waals surface area contributed by atoms with Gasteiger partial charge in [0.05, 0.1) is 6.10 Å². The van der Waals surface area contributed by atoms with Crippen LogP contribution in [-0.2, 0) is 6.54 Å². The smallest absolute Gasteiger partial charge is 0.130 e. The van der Waals surface area contributed by atoms with Gasteiger partial charge in [-0.25, -0.2) is 4.98 Å². The molecule has 27 heavy (non-hydrogen) atoms. The molecule has 2 N–H and O–H groups in total. The molecule has 0 bridgehead atoms. The van der Waals surface area contributed by atoms with Gasteiger partial charge in [-0.3, -0.25) is 4.90 Å². The van der Waals surface area contributed by atoms with Gasteiger partial charge < -0.3 is 10.4 Å². The predicted octanol–water partition coefficient (Wildman–Crippen LogP) is 4.61. The van der Waals surface area contributed by atoms with Crippen LogP contribution in [0.4, 0.5) is 11.5 Å². The molecule has 3 rings (SSSR count). The number of nitrogens with one attached hydrogen (secondary N) is 1. The normalized spacial score (nSPS) is 12.2. The van der Waals surface area contributed by atoms with Gasteiger partial charge in [-0.2, -0.15) is 0 Å². The van der Waals surface area contributed by atoms with Gasteiger partial charge in [-0.1, -0.05) is 48.5 Å². The standard InChI is InChI=1S/C23H27N3O/c1-17-9-10-18(2)21(13-17)25-23-12-11-19(14-24-23)15-26(3)16-22(27)20-7-5-4-6-8-20/h4-14,22,27H,15-16H2,1-3H3,(H,24,25). The van der Waals surface area contributed by atoms with Crippen molar-refractivity contribution < 1.29 is 5.11 Å². The number of aliphatic hydroxyl groups is 1. The summed E-state index contributed by atoms with van der Waals surface area (Å²) in [6.45, 7) is 5.48. The third-order valence-electron chi connectivity index (χ3n) is 4.60. The Morgan fingerprint density at radius 1 is 1.04 bits per heavy atom. The maximum Gasteiger partial charge on any atom is 0.130 e. The van der Waals surface area contributed by atoms with Crippen molar-refractivity contribution in [1.29, 1.82) is 0 Å². The molecule has 0 radical (unpaired) electrons. The zero-order valence-corrected chi connectivity index (χ0v) is 16.2. The minimum Gasteiger partial charge on any atom is -0.387 e. The van der Waals surface area contributed by atoms with Crippen LogP contribution in [0.15, 0.2) is 66.9 Å². The first-order chi connectivity index (χ1) is 13.0. The maximum atomic E-state index is 10.4. The fourth-order valence-electron chi connectivity index (χ4n) is 3.05. The van der Waals surface area contributed by atoms with Crippen LogP contribution in [0, 0.1) is 13.8 Å². The van der Waals surface area contributed by atoms with Crippen LogP contribution < -0.4 is 5.32 Å². The molecular formula is C23H27N3O. The van der Waals surface area contributed by atoms with Crippen molar-refractivity contribution in [3.63, 3.8) is 0 Å². The van der Waals surface area contributed by atoms with Crippen LogP contribution in [0.3, 0.4) is 0 Å². The van der Waals surface area contributed by atoms with Gasteiger partial charge in [-0.05, 0) is 55.3 Å². The largest absolute Gasteiger partial charge is 0.387 e. The molecule has 1 unspecified atom stereocenters. The highest BCUT2D eigenvalue weighted by Gasteiger charge is 2.11. The zero-order valence-electron chi connectivity index (χ0n) is 16.2. The monoisotopic (exact) mass is 361 g/mol. The highest BCUT2D eigenvalue weighted by atomic mass is 16.3. The van der Waals surface area contributed by atoms with E-state index in [2.05, 4.69) is 53.3 Å². The Morgan fingerprint density at radius 2 is 1.81 bits per heavy atom. The molecule has 1 atom stereocenters. The molecule has 1 heterocycles. The SMILES string of the molecule is Cc1ccc(C)c(Nc2ccc(CN(C)CC(O)c3ccccc3)cn2)c1. The Kier molecular flexibility index (Phi) is 6.22. The van der Waals surface area contributed by atoms with Gasteiger partial charge in [0.1, 0.15) is 5.82 Å². The topological polar surface area (TPSA) is 48.4 Å². The Morgan fingerprint density at radius 3 is 2.52 bits per heavy atom. The number of anilines is 2. The van der Waals surface area contributed by atoms with Gasteiger partial charge in [-0.15, -0.1) is 0 Å². The van der Waals surface area contributed by atoms with Gasteiger partial charge in [0.2, 0.25) is 0 Å². The lowest BCUT2D eigenvalue weighted by Gasteiger charge is -2.21. The van der Waals surface area contributed by atoms with Gasteiger partial charge >= 0.3 is 0 Å². The molecule has 1 aromatic heterocycles. The first kappa shape index (κ1) is 19.1. The Hall–Kier alpha value is -2.69. The second-order valence-electron chi connectivity index (χ2n) is 7.12. The van der Waals surface area contributed by atoms with Gasteiger partial charge in [0, 0.05) is 25.0 Å². The Balaban J connectivity index is 1.58. The molecule has 0 fully saturated rings. The summed E-state index contributed by atoms with van der Waals surface area (Å²) in [7, 11) is 2.01. The van der Waals surface area contributed by atoms with Crippen molar-refractivity contribution in [3.05, 3.63) is 89.1 Å². The van der Waals surface area contributed by atoms with Crippen LogP contribution in [0.5, 0.6) is 0 Å². The molecule has 140 valence electrons. The van der Waals surface area contributed by atoms with Crippen LogP contribution in [0.2, 0.25) is 0 Å². The highest BCUT2D eigenvalue weighted by molar-refractivity contribution is 5.61. The number of pyridine rings is 1. The quantitative estimate of drug-likeness (QED) is 0.645. The number of aromatic nitrogens is 1. The van der Waals surface area contributed by atoms with E-state index in [0.29, 0.717) is 6.54 Å². The van der Waals surface area contributed by atoms with Crippen LogP contribution in [-0.4, -0.2) is 28.6 Å². The molecular weight excluding hydrogens is 334 g/mol. The van der Waals surface area contributed by atoms with E-state index in [0.717, 1.165) is 29.2 Å². The number of benzene rings is 2. The van der Waals surface area contributed by atoms with E-state index in [1.54, 1.807) is 0 Å². The molecule has 0 saturated carbocycles. The maximum absolute atomic E-state index is 10.4. The van der Waals surface area contributed by atoms with Crippen molar-refractivity contribution in [2.75, 3.05) is 18.9 Å². The molecule has 4 nitrogen and oxygen atoms in total. The average molecular weight is 361 g/mol. The lowest BCUT2D eigenvalue weighted by molar-refractivity contribution is 0.124. The van der Waals surface area contributed by atoms with Crippen molar-refractivity contribution in [2.45, 2.75) is 26.5 Å². The second-order valence-corrected chi connectivity index (χ2v) is 7.12. The van der Waals surface area contributed by atoms with Crippen molar-refractivity contribution in [2.24, 2.45) is 0 Å². The van der Waals surface area contributed by atoms with Crippen LogP contribution in [0.25, 0.3) is 0 Å². The number of hydrogen-bond acceptors (Lipinski definition) is 4. The molecule has 4 heteroatoms. The zero-order chi connectivity index (χ0) is 19.2. The van der Waals surface area contributed by atoms with Crippen molar-refractivity contribution >= 4 is 11.5 Å². The third kappa shape index (κ3) is 5.39. The van der Waals surface area contributed by atoms with E-state index in [-0.39, 0.29) is 0 Å². The first-order valence-corrected chi connectivity index (χ1v) is 9.22. The Labute approximate surface area is 161 Å². The highest BCUT2D eigenvalue weighted by Crippen LogP contribution is 2.21. The minimum absolute atomic E-state index is 0.491. The fraction of sp³-hybridized carbons (Fsp3) is 0.261. The van der Waals surface area contributed by atoms with E-state index >= 15 is 0 Å². The van der Waals surface area contributed by atoms with E-state index in [1.165, 1.54) is 11.1 Å². The molecule has 0 saturated heterocycles. The average Bonchev–Trinajstić information content (AvgIpc) is 2.67. The molecule has 0 amide bonds. The summed E-state index contributed by atoms with van der Waals surface area (Å²) in [5.41, 5.74) is 5.55. The van der Waals surface area contributed by atoms with E-state index in [1.807, 2.05) is 49.6 Å². The first-order valence-electron chi connectivity index (χ1n) is 9.22.